The fraction of sp³-hybridized carbons (Fsp3) is 0.667. The lowest BCUT2D eigenvalue weighted by molar-refractivity contribution is 0.323. The van der Waals surface area contributed by atoms with Gasteiger partial charge in [-0.05, 0) is 39.9 Å². The van der Waals surface area contributed by atoms with Crippen molar-refractivity contribution in [1.29, 1.82) is 0 Å². The van der Waals surface area contributed by atoms with Crippen molar-refractivity contribution in [3.8, 4) is 0 Å². The predicted molar refractivity (Wildman–Crippen MR) is 62.2 cm³/mol. The Hall–Kier alpha value is -0.760. The van der Waals surface area contributed by atoms with Crippen molar-refractivity contribution in [3.63, 3.8) is 0 Å². The van der Waals surface area contributed by atoms with Crippen molar-refractivity contribution in [2.45, 2.75) is 26.3 Å². The molecular weight excluding hydrogens is 172 g/mol. The first kappa shape index (κ1) is 11.3. The second-order valence-corrected chi connectivity index (χ2v) is 4.51. The zero-order valence-corrected chi connectivity index (χ0v) is 10.3. The first-order chi connectivity index (χ1) is 6.45. The molecule has 14 heavy (non-hydrogen) atoms. The summed E-state index contributed by atoms with van der Waals surface area (Å²) in [7, 11) is 8.52. The van der Waals surface area contributed by atoms with E-state index in [1.54, 1.807) is 0 Å². The van der Waals surface area contributed by atoms with Gasteiger partial charge in [-0.25, -0.2) is 0 Å². The Balaban J connectivity index is 2.95. The van der Waals surface area contributed by atoms with Crippen LogP contribution in [0.5, 0.6) is 0 Å². The number of likely N-dealkylation sites (N-methyl/N-ethyl adjacent to an activating group) is 2. The van der Waals surface area contributed by atoms with E-state index >= 15 is 0 Å². The van der Waals surface area contributed by atoms with Gasteiger partial charge in [-0.1, -0.05) is 11.6 Å². The third-order valence-electron chi connectivity index (χ3n) is 3.12. The number of rotatable bonds is 2. The molecule has 80 valence electrons. The maximum atomic E-state index is 2.34. The largest absolute Gasteiger partial charge is 0.378 e. The lowest BCUT2D eigenvalue weighted by Gasteiger charge is -2.32. The molecule has 2 nitrogen and oxygen atoms in total. The summed E-state index contributed by atoms with van der Waals surface area (Å²) in [5, 5.41) is 0. The van der Waals surface area contributed by atoms with Crippen LogP contribution in [-0.2, 0) is 0 Å². The molecule has 1 aliphatic rings. The Labute approximate surface area is 87.9 Å². The van der Waals surface area contributed by atoms with Gasteiger partial charge in [0.2, 0.25) is 0 Å². The maximum Gasteiger partial charge on any atom is 0.0350 e. The van der Waals surface area contributed by atoms with Gasteiger partial charge in [0.25, 0.3) is 0 Å². The predicted octanol–water partition coefficient (Wildman–Crippen LogP) is 2.10. The monoisotopic (exact) mass is 194 g/mol. The van der Waals surface area contributed by atoms with Gasteiger partial charge in [0.15, 0.2) is 0 Å². The summed E-state index contributed by atoms with van der Waals surface area (Å²) >= 11 is 0. The minimum atomic E-state index is 0.582. The Kier molecular flexibility index (Phi) is 3.38. The van der Waals surface area contributed by atoms with Crippen molar-refractivity contribution < 1.29 is 0 Å². The van der Waals surface area contributed by atoms with E-state index in [4.69, 9.17) is 0 Å². The van der Waals surface area contributed by atoms with Gasteiger partial charge in [-0.15, -0.1) is 0 Å². The van der Waals surface area contributed by atoms with Crippen molar-refractivity contribution >= 4 is 0 Å². The normalized spacial score (nSPS) is 22.8. The standard InChI is InChI=1S/C12H22N2/c1-9-10(2)12(14(5)6)8-7-11(9)13(3)4/h7,12H,8H2,1-6H3. The minimum Gasteiger partial charge on any atom is -0.378 e. The average Bonchev–Trinajstić information content (AvgIpc) is 2.08. The van der Waals surface area contributed by atoms with Crippen LogP contribution in [0, 0.1) is 0 Å². The molecule has 0 saturated carbocycles. The molecule has 0 aromatic rings. The molecule has 2 heteroatoms. The lowest BCUT2D eigenvalue weighted by Crippen LogP contribution is -2.32. The molecule has 0 spiro atoms. The second-order valence-electron chi connectivity index (χ2n) is 4.51. The quantitative estimate of drug-likeness (QED) is 0.664. The van der Waals surface area contributed by atoms with Crippen molar-refractivity contribution in [2.75, 3.05) is 28.2 Å². The van der Waals surface area contributed by atoms with E-state index in [-0.39, 0.29) is 0 Å². The summed E-state index contributed by atoms with van der Waals surface area (Å²) in [4.78, 5) is 4.49. The summed E-state index contributed by atoms with van der Waals surface area (Å²) in [5.74, 6) is 0. The highest BCUT2D eigenvalue weighted by Gasteiger charge is 2.21. The molecule has 0 N–H and O–H groups in total. The lowest BCUT2D eigenvalue weighted by atomic mass is 9.91. The molecule has 0 aromatic heterocycles. The van der Waals surface area contributed by atoms with Gasteiger partial charge in [-0.3, -0.25) is 0 Å². The maximum absolute atomic E-state index is 2.34. The Bertz CT molecular complexity index is 272. The Morgan fingerprint density at radius 3 is 2.14 bits per heavy atom. The summed E-state index contributed by atoms with van der Waals surface area (Å²) < 4.78 is 0. The summed E-state index contributed by atoms with van der Waals surface area (Å²) in [6, 6.07) is 0.582. The van der Waals surface area contributed by atoms with Crippen LogP contribution in [0.15, 0.2) is 22.9 Å². The molecule has 1 atom stereocenters. The topological polar surface area (TPSA) is 6.48 Å². The fourth-order valence-corrected chi connectivity index (χ4v) is 2.12. The van der Waals surface area contributed by atoms with E-state index < -0.39 is 0 Å². The highest BCUT2D eigenvalue weighted by Crippen LogP contribution is 2.28. The van der Waals surface area contributed by atoms with E-state index in [9.17, 15) is 0 Å². The summed E-state index contributed by atoms with van der Waals surface area (Å²) in [5.41, 5.74) is 4.31. The Morgan fingerprint density at radius 2 is 1.71 bits per heavy atom. The van der Waals surface area contributed by atoms with Gasteiger partial charge in [0.1, 0.15) is 0 Å². The third-order valence-corrected chi connectivity index (χ3v) is 3.12. The smallest absolute Gasteiger partial charge is 0.0350 e. The molecule has 0 radical (unpaired) electrons. The molecule has 0 amide bonds. The van der Waals surface area contributed by atoms with Crippen LogP contribution in [0.4, 0.5) is 0 Å². The fourth-order valence-electron chi connectivity index (χ4n) is 2.12. The molecular formula is C12H22N2. The van der Waals surface area contributed by atoms with Crippen molar-refractivity contribution in [3.05, 3.63) is 22.9 Å². The van der Waals surface area contributed by atoms with E-state index in [0.717, 1.165) is 6.42 Å². The zero-order chi connectivity index (χ0) is 10.9. The van der Waals surface area contributed by atoms with E-state index in [1.807, 2.05) is 0 Å². The van der Waals surface area contributed by atoms with Crippen LogP contribution in [0.3, 0.4) is 0 Å². The molecule has 0 aliphatic heterocycles. The molecule has 0 bridgehead atoms. The van der Waals surface area contributed by atoms with Crippen LogP contribution in [0.2, 0.25) is 0 Å². The van der Waals surface area contributed by atoms with Gasteiger partial charge in [-0.2, -0.15) is 0 Å². The molecule has 1 unspecified atom stereocenters. The van der Waals surface area contributed by atoms with Crippen LogP contribution in [0.1, 0.15) is 20.3 Å². The molecule has 1 aliphatic carbocycles. The molecule has 0 saturated heterocycles. The zero-order valence-electron chi connectivity index (χ0n) is 10.3. The molecule has 0 aromatic carbocycles. The van der Waals surface area contributed by atoms with Crippen LogP contribution in [-0.4, -0.2) is 44.0 Å². The summed E-state index contributed by atoms with van der Waals surface area (Å²) in [6.07, 6.45) is 3.47. The van der Waals surface area contributed by atoms with Crippen LogP contribution >= 0.6 is 0 Å². The van der Waals surface area contributed by atoms with Crippen molar-refractivity contribution in [1.82, 2.24) is 9.80 Å². The van der Waals surface area contributed by atoms with E-state index in [1.165, 1.54) is 16.8 Å². The van der Waals surface area contributed by atoms with Crippen molar-refractivity contribution in [2.24, 2.45) is 0 Å². The van der Waals surface area contributed by atoms with E-state index in [0.29, 0.717) is 6.04 Å². The number of hydrogen-bond donors (Lipinski definition) is 0. The first-order valence-electron chi connectivity index (χ1n) is 5.16. The minimum absolute atomic E-state index is 0.582. The third kappa shape index (κ3) is 2.01. The van der Waals surface area contributed by atoms with Gasteiger partial charge in [0, 0.05) is 25.8 Å². The van der Waals surface area contributed by atoms with Gasteiger partial charge < -0.3 is 9.80 Å². The summed E-state index contributed by atoms with van der Waals surface area (Å²) in [6.45, 7) is 4.47. The molecule has 0 heterocycles. The van der Waals surface area contributed by atoms with E-state index in [2.05, 4.69) is 57.9 Å². The number of hydrogen-bond acceptors (Lipinski definition) is 2. The molecule has 1 rings (SSSR count). The second kappa shape index (κ2) is 4.18. The highest BCUT2D eigenvalue weighted by atomic mass is 15.1. The van der Waals surface area contributed by atoms with Gasteiger partial charge in [0.05, 0.1) is 0 Å². The first-order valence-corrected chi connectivity index (χ1v) is 5.16. The average molecular weight is 194 g/mol. The number of nitrogens with zero attached hydrogens (tertiary/aromatic N) is 2. The Morgan fingerprint density at radius 1 is 1.14 bits per heavy atom. The van der Waals surface area contributed by atoms with Gasteiger partial charge >= 0.3 is 0 Å². The van der Waals surface area contributed by atoms with Crippen LogP contribution < -0.4 is 0 Å². The SMILES string of the molecule is CC1=C(C)C(N(C)C)CC=C1N(C)C. The number of allylic oxidation sites excluding steroid dienone is 1. The molecule has 0 fully saturated rings. The highest BCUT2D eigenvalue weighted by molar-refractivity contribution is 5.38. The van der Waals surface area contributed by atoms with Crippen LogP contribution in [0.25, 0.3) is 0 Å².